The minimum absolute atomic E-state index is 0.361. The number of anilines is 5. The van der Waals surface area contributed by atoms with E-state index in [1.165, 1.54) is 6.42 Å². The van der Waals surface area contributed by atoms with E-state index in [0.29, 0.717) is 17.8 Å². The molecule has 10 heteroatoms. The van der Waals surface area contributed by atoms with Crippen LogP contribution < -0.4 is 25.6 Å². The Kier molecular flexibility index (Phi) is 8.28. The Hall–Kier alpha value is -4.21. The van der Waals surface area contributed by atoms with Crippen LogP contribution in [0.2, 0.25) is 0 Å². The lowest BCUT2D eigenvalue weighted by molar-refractivity contribution is 0.568. The molecule has 2 aromatic carbocycles. The van der Waals surface area contributed by atoms with Gasteiger partial charge in [-0.05, 0) is 54.7 Å². The zero-order valence-electron chi connectivity index (χ0n) is 21.4. The van der Waals surface area contributed by atoms with Gasteiger partial charge in [0, 0.05) is 52.7 Å². The number of hydrazone groups is 2. The zero-order valence-corrected chi connectivity index (χ0v) is 21.4. The van der Waals surface area contributed by atoms with Crippen LogP contribution in [-0.4, -0.2) is 68.7 Å². The van der Waals surface area contributed by atoms with Crippen LogP contribution >= 0.6 is 0 Å². The summed E-state index contributed by atoms with van der Waals surface area (Å²) >= 11 is 0. The van der Waals surface area contributed by atoms with E-state index in [1.54, 1.807) is 12.4 Å². The van der Waals surface area contributed by atoms with Crippen molar-refractivity contribution in [2.45, 2.75) is 19.3 Å². The van der Waals surface area contributed by atoms with Gasteiger partial charge in [-0.2, -0.15) is 25.2 Å². The van der Waals surface area contributed by atoms with Crippen molar-refractivity contribution in [1.29, 1.82) is 0 Å². The molecule has 0 spiro atoms. The maximum atomic E-state index is 4.59. The fourth-order valence-corrected chi connectivity index (χ4v) is 3.75. The predicted molar refractivity (Wildman–Crippen MR) is 150 cm³/mol. The highest BCUT2D eigenvalue weighted by molar-refractivity contribution is 5.81. The third kappa shape index (κ3) is 6.91. The van der Waals surface area contributed by atoms with E-state index in [0.717, 1.165) is 48.4 Å². The van der Waals surface area contributed by atoms with Gasteiger partial charge >= 0.3 is 0 Å². The molecule has 1 fully saturated rings. The third-order valence-corrected chi connectivity index (χ3v) is 5.84. The molecule has 1 aliphatic heterocycles. The van der Waals surface area contributed by atoms with Crippen molar-refractivity contribution in [3.05, 3.63) is 59.7 Å². The molecule has 0 radical (unpaired) electrons. The largest absolute Gasteiger partial charge is 0.378 e. The van der Waals surface area contributed by atoms with Crippen LogP contribution in [0.5, 0.6) is 0 Å². The van der Waals surface area contributed by atoms with Gasteiger partial charge in [0.15, 0.2) is 0 Å². The number of hydrogen-bond donors (Lipinski definition) is 2. The molecule has 0 unspecified atom stereocenters. The Morgan fingerprint density at radius 3 is 1.53 bits per heavy atom. The average molecular weight is 487 g/mol. The van der Waals surface area contributed by atoms with Gasteiger partial charge in [-0.15, -0.1) is 0 Å². The fourth-order valence-electron chi connectivity index (χ4n) is 3.75. The van der Waals surface area contributed by atoms with Crippen molar-refractivity contribution in [2.24, 2.45) is 10.2 Å². The van der Waals surface area contributed by atoms with Crippen LogP contribution in [0.1, 0.15) is 30.4 Å². The third-order valence-electron chi connectivity index (χ3n) is 5.84. The van der Waals surface area contributed by atoms with Crippen LogP contribution in [0.15, 0.2) is 58.7 Å². The first-order valence-electron chi connectivity index (χ1n) is 12.1. The summed E-state index contributed by atoms with van der Waals surface area (Å²) in [7, 11) is 8.06. The molecule has 3 aromatic rings. The van der Waals surface area contributed by atoms with E-state index >= 15 is 0 Å². The smallest absolute Gasteiger partial charge is 0.250 e. The minimum Gasteiger partial charge on any atom is -0.378 e. The number of rotatable bonds is 9. The van der Waals surface area contributed by atoms with Crippen molar-refractivity contribution < 1.29 is 0 Å². The van der Waals surface area contributed by atoms with Crippen LogP contribution in [0.25, 0.3) is 0 Å². The molecule has 1 aliphatic rings. The monoisotopic (exact) mass is 486 g/mol. The molecule has 4 rings (SSSR count). The van der Waals surface area contributed by atoms with Gasteiger partial charge in [-0.25, -0.2) is 10.9 Å². The second kappa shape index (κ2) is 12.0. The van der Waals surface area contributed by atoms with E-state index < -0.39 is 0 Å². The Balaban J connectivity index is 1.47. The second-order valence-corrected chi connectivity index (χ2v) is 9.04. The Morgan fingerprint density at radius 2 is 1.11 bits per heavy atom. The van der Waals surface area contributed by atoms with E-state index in [4.69, 9.17) is 0 Å². The summed E-state index contributed by atoms with van der Waals surface area (Å²) in [5, 5.41) is 8.67. The van der Waals surface area contributed by atoms with Crippen molar-refractivity contribution in [3.63, 3.8) is 0 Å². The average Bonchev–Trinajstić information content (AvgIpc) is 2.90. The molecule has 0 aliphatic carbocycles. The van der Waals surface area contributed by atoms with Gasteiger partial charge < -0.3 is 14.7 Å². The van der Waals surface area contributed by atoms with Crippen LogP contribution in [0, 0.1) is 0 Å². The Morgan fingerprint density at radius 1 is 0.667 bits per heavy atom. The summed E-state index contributed by atoms with van der Waals surface area (Å²) in [4.78, 5) is 19.9. The van der Waals surface area contributed by atoms with E-state index in [1.807, 2.05) is 76.7 Å². The molecule has 0 saturated carbocycles. The summed E-state index contributed by atoms with van der Waals surface area (Å²) in [5.74, 6) is 1.34. The summed E-state index contributed by atoms with van der Waals surface area (Å²) in [6, 6.07) is 16.2. The lowest BCUT2D eigenvalue weighted by atomic mass is 10.1. The number of nitrogens with one attached hydrogen (secondary N) is 2. The molecule has 36 heavy (non-hydrogen) atoms. The molecule has 1 aromatic heterocycles. The van der Waals surface area contributed by atoms with Crippen LogP contribution in [0.4, 0.5) is 29.2 Å². The van der Waals surface area contributed by atoms with Crippen molar-refractivity contribution in [2.75, 3.05) is 66.8 Å². The van der Waals surface area contributed by atoms with Gasteiger partial charge in [-0.3, -0.25) is 0 Å². The molecule has 1 saturated heterocycles. The summed E-state index contributed by atoms with van der Waals surface area (Å²) in [6.07, 6.45) is 6.96. The normalized spacial score (nSPS) is 13.8. The van der Waals surface area contributed by atoms with Crippen LogP contribution in [0.3, 0.4) is 0 Å². The highest BCUT2D eigenvalue weighted by atomic mass is 15.4. The minimum atomic E-state index is 0.361. The molecule has 2 N–H and O–H groups in total. The first-order chi connectivity index (χ1) is 17.5. The maximum absolute atomic E-state index is 4.59. The van der Waals surface area contributed by atoms with E-state index in [-0.39, 0.29) is 0 Å². The SMILES string of the molecule is CN(C)c1ccc(/C=N/Nc2nc(N/N=C/c3ccc(N(C)C)cc3)nc(N3CCCCC3)n2)cc1. The first kappa shape index (κ1) is 24.9. The topological polar surface area (TPSA) is 97.2 Å². The maximum Gasteiger partial charge on any atom is 0.250 e. The fraction of sp³-hybridized carbons (Fsp3) is 0.346. The molecule has 188 valence electrons. The van der Waals surface area contributed by atoms with Crippen molar-refractivity contribution in [3.8, 4) is 0 Å². The number of hydrogen-bond acceptors (Lipinski definition) is 10. The summed E-state index contributed by atoms with van der Waals surface area (Å²) in [5.41, 5.74) is 10.1. The van der Waals surface area contributed by atoms with Gasteiger partial charge in [0.05, 0.1) is 12.4 Å². The zero-order chi connectivity index (χ0) is 25.3. The number of aromatic nitrogens is 3. The van der Waals surface area contributed by atoms with E-state index in [2.05, 4.69) is 50.7 Å². The Labute approximate surface area is 212 Å². The number of piperidine rings is 1. The second-order valence-electron chi connectivity index (χ2n) is 9.04. The lowest BCUT2D eigenvalue weighted by Crippen LogP contribution is -2.31. The molecule has 0 bridgehead atoms. The summed E-state index contributed by atoms with van der Waals surface area (Å²) in [6.45, 7) is 1.84. The Bertz CT molecular complexity index is 1080. The van der Waals surface area contributed by atoms with Gasteiger partial charge in [-0.1, -0.05) is 24.3 Å². The standard InChI is InChI=1S/C26H34N10/c1-34(2)22-12-8-20(9-13-22)18-27-32-24-29-25(31-26(30-24)36-16-6-5-7-17-36)33-28-19-21-10-14-23(15-11-21)35(3)4/h8-15,18-19H,5-7,16-17H2,1-4H3,(H2,29,30,31,32,33)/b27-18+,28-19+. The number of nitrogens with zero attached hydrogens (tertiary/aromatic N) is 8. The lowest BCUT2D eigenvalue weighted by Gasteiger charge is -2.26. The predicted octanol–water partition coefficient (Wildman–Crippen LogP) is 3.89. The molecule has 10 nitrogen and oxygen atoms in total. The van der Waals surface area contributed by atoms with Gasteiger partial charge in [0.2, 0.25) is 17.8 Å². The van der Waals surface area contributed by atoms with Crippen molar-refractivity contribution in [1.82, 2.24) is 15.0 Å². The molecular weight excluding hydrogens is 452 g/mol. The van der Waals surface area contributed by atoms with Crippen LogP contribution in [-0.2, 0) is 0 Å². The quantitative estimate of drug-likeness (QED) is 0.347. The molecular formula is C26H34N10. The molecule has 2 heterocycles. The number of benzene rings is 2. The highest BCUT2D eigenvalue weighted by Gasteiger charge is 2.16. The molecule has 0 amide bonds. The van der Waals surface area contributed by atoms with Gasteiger partial charge in [0.1, 0.15) is 0 Å². The molecule has 0 atom stereocenters. The van der Waals surface area contributed by atoms with Crippen molar-refractivity contribution >= 4 is 41.6 Å². The summed E-state index contributed by atoms with van der Waals surface area (Å²) < 4.78 is 0. The highest BCUT2D eigenvalue weighted by Crippen LogP contribution is 2.19. The van der Waals surface area contributed by atoms with Gasteiger partial charge in [0.25, 0.3) is 0 Å². The van der Waals surface area contributed by atoms with E-state index in [9.17, 15) is 0 Å². The first-order valence-corrected chi connectivity index (χ1v) is 12.1.